The summed E-state index contributed by atoms with van der Waals surface area (Å²) in [5.74, 6) is -1.39. The molecule has 1 amide bonds. The highest BCUT2D eigenvalue weighted by Gasteiger charge is 2.18. The maximum absolute atomic E-state index is 13.0. The molecule has 0 saturated heterocycles. The number of halogens is 2. The lowest BCUT2D eigenvalue weighted by Gasteiger charge is -2.07. The van der Waals surface area contributed by atoms with Crippen molar-refractivity contribution >= 4 is 34.6 Å². The Hall–Kier alpha value is -2.67. The molecule has 0 aromatic heterocycles. The monoisotopic (exact) mass is 309 g/mol. The van der Waals surface area contributed by atoms with Gasteiger partial charge in [-0.3, -0.25) is 14.9 Å². The predicted octanol–water partition coefficient (Wildman–Crippen LogP) is 3.22. The van der Waals surface area contributed by atoms with Crippen LogP contribution in [0.2, 0.25) is 5.02 Å². The zero-order valence-electron chi connectivity index (χ0n) is 10.5. The number of nitrogen functional groups attached to an aromatic ring is 1. The van der Waals surface area contributed by atoms with Crippen molar-refractivity contribution in [3.05, 3.63) is 62.9 Å². The molecule has 0 unspecified atom stereocenters. The Labute approximate surface area is 123 Å². The van der Waals surface area contributed by atoms with Crippen molar-refractivity contribution in [3.8, 4) is 0 Å². The molecule has 2 aromatic rings. The molecule has 2 rings (SSSR count). The number of nitrogens with two attached hydrogens (primary N) is 1. The molecule has 0 aliphatic carbocycles. The zero-order valence-corrected chi connectivity index (χ0v) is 11.2. The molecule has 0 aliphatic heterocycles. The first-order valence-corrected chi connectivity index (χ1v) is 6.06. The molecule has 21 heavy (non-hydrogen) atoms. The van der Waals surface area contributed by atoms with E-state index in [1.807, 2.05) is 0 Å². The quantitative estimate of drug-likeness (QED) is 0.516. The summed E-state index contributed by atoms with van der Waals surface area (Å²) in [4.78, 5) is 22.1. The van der Waals surface area contributed by atoms with Crippen LogP contribution in [0.4, 0.5) is 21.5 Å². The number of amides is 1. The molecular weight excluding hydrogens is 301 g/mol. The average molecular weight is 310 g/mol. The molecule has 0 aliphatic rings. The van der Waals surface area contributed by atoms with Crippen LogP contribution in [0.3, 0.4) is 0 Å². The SMILES string of the molecule is Nc1ccc(C(=O)Nc2ccc(F)cc2[N+](=O)[O-])cc1Cl. The molecule has 3 N–H and O–H groups in total. The van der Waals surface area contributed by atoms with Gasteiger partial charge in [0, 0.05) is 5.56 Å². The first-order chi connectivity index (χ1) is 9.88. The van der Waals surface area contributed by atoms with Crippen LogP contribution in [0.15, 0.2) is 36.4 Å². The third kappa shape index (κ3) is 3.26. The molecule has 0 atom stereocenters. The Bertz CT molecular complexity index is 737. The van der Waals surface area contributed by atoms with E-state index >= 15 is 0 Å². The number of benzene rings is 2. The van der Waals surface area contributed by atoms with E-state index in [0.717, 1.165) is 18.2 Å². The van der Waals surface area contributed by atoms with Gasteiger partial charge in [-0.05, 0) is 30.3 Å². The summed E-state index contributed by atoms with van der Waals surface area (Å²) in [6, 6.07) is 7.05. The van der Waals surface area contributed by atoms with E-state index in [-0.39, 0.29) is 16.3 Å². The van der Waals surface area contributed by atoms with E-state index in [0.29, 0.717) is 5.69 Å². The van der Waals surface area contributed by atoms with Gasteiger partial charge < -0.3 is 11.1 Å². The van der Waals surface area contributed by atoms with Gasteiger partial charge in [-0.25, -0.2) is 4.39 Å². The number of nitro groups is 1. The smallest absolute Gasteiger partial charge is 0.295 e. The maximum atomic E-state index is 13.0. The van der Waals surface area contributed by atoms with Gasteiger partial charge in [0.2, 0.25) is 0 Å². The van der Waals surface area contributed by atoms with Gasteiger partial charge in [0.05, 0.1) is 21.7 Å². The van der Waals surface area contributed by atoms with Crippen molar-refractivity contribution in [3.63, 3.8) is 0 Å². The Kier molecular flexibility index (Phi) is 4.04. The number of carbonyl (C=O) groups is 1. The minimum absolute atomic E-state index is 0.112. The van der Waals surface area contributed by atoms with E-state index in [4.69, 9.17) is 17.3 Å². The van der Waals surface area contributed by atoms with Crippen molar-refractivity contribution in [1.29, 1.82) is 0 Å². The standard InChI is InChI=1S/C13H9ClFN3O3/c14-9-5-7(1-3-10(9)16)13(19)17-11-4-2-8(15)6-12(11)18(20)21/h1-6H,16H2,(H,17,19). The number of nitro benzene ring substituents is 1. The third-order valence-electron chi connectivity index (χ3n) is 2.67. The van der Waals surface area contributed by atoms with Crippen LogP contribution in [-0.2, 0) is 0 Å². The van der Waals surface area contributed by atoms with Crippen LogP contribution in [0.5, 0.6) is 0 Å². The van der Waals surface area contributed by atoms with Gasteiger partial charge in [-0.1, -0.05) is 11.6 Å². The second kappa shape index (κ2) is 5.76. The highest BCUT2D eigenvalue weighted by atomic mass is 35.5. The molecule has 8 heteroatoms. The number of anilines is 2. The van der Waals surface area contributed by atoms with Crippen LogP contribution in [0.25, 0.3) is 0 Å². The summed E-state index contributed by atoms with van der Waals surface area (Å²) >= 11 is 5.80. The summed E-state index contributed by atoms with van der Waals surface area (Å²) in [6.07, 6.45) is 0. The second-order valence-corrected chi connectivity index (χ2v) is 4.52. The van der Waals surface area contributed by atoms with Crippen LogP contribution >= 0.6 is 11.6 Å². The van der Waals surface area contributed by atoms with Crippen molar-refractivity contribution in [2.75, 3.05) is 11.1 Å². The number of hydrogen-bond acceptors (Lipinski definition) is 4. The summed E-state index contributed by atoms with van der Waals surface area (Å²) in [7, 11) is 0. The zero-order chi connectivity index (χ0) is 15.6. The van der Waals surface area contributed by atoms with Gasteiger partial charge >= 0.3 is 0 Å². The molecule has 0 fully saturated rings. The fraction of sp³-hybridized carbons (Fsp3) is 0. The van der Waals surface area contributed by atoms with E-state index in [9.17, 15) is 19.3 Å². The second-order valence-electron chi connectivity index (χ2n) is 4.11. The topological polar surface area (TPSA) is 98.3 Å². The lowest BCUT2D eigenvalue weighted by atomic mass is 10.2. The summed E-state index contributed by atoms with van der Waals surface area (Å²) in [6.45, 7) is 0. The molecule has 6 nitrogen and oxygen atoms in total. The molecule has 0 radical (unpaired) electrons. The van der Waals surface area contributed by atoms with Crippen molar-refractivity contribution < 1.29 is 14.1 Å². The highest BCUT2D eigenvalue weighted by molar-refractivity contribution is 6.33. The first-order valence-electron chi connectivity index (χ1n) is 5.69. The Morgan fingerprint density at radius 3 is 2.62 bits per heavy atom. The van der Waals surface area contributed by atoms with Gasteiger partial charge in [0.15, 0.2) is 0 Å². The first kappa shape index (κ1) is 14.7. The van der Waals surface area contributed by atoms with Crippen LogP contribution in [0, 0.1) is 15.9 Å². The van der Waals surface area contributed by atoms with Crippen molar-refractivity contribution in [2.24, 2.45) is 0 Å². The van der Waals surface area contributed by atoms with Crippen LogP contribution < -0.4 is 11.1 Å². The van der Waals surface area contributed by atoms with Crippen molar-refractivity contribution in [2.45, 2.75) is 0 Å². The molecule has 0 saturated carbocycles. The van der Waals surface area contributed by atoms with E-state index in [1.54, 1.807) is 0 Å². The fourth-order valence-electron chi connectivity index (χ4n) is 1.62. The number of hydrogen-bond donors (Lipinski definition) is 2. The average Bonchev–Trinajstić information content (AvgIpc) is 2.43. The number of nitrogens with zero attached hydrogens (tertiary/aromatic N) is 1. The summed E-state index contributed by atoms with van der Waals surface area (Å²) < 4.78 is 13.0. The third-order valence-corrected chi connectivity index (χ3v) is 2.99. The molecule has 108 valence electrons. The molecule has 0 heterocycles. The highest BCUT2D eigenvalue weighted by Crippen LogP contribution is 2.26. The van der Waals surface area contributed by atoms with Crippen molar-refractivity contribution in [1.82, 2.24) is 0 Å². The maximum Gasteiger partial charge on any atom is 0.295 e. The lowest BCUT2D eigenvalue weighted by molar-refractivity contribution is -0.384. The minimum Gasteiger partial charge on any atom is -0.398 e. The number of nitrogens with one attached hydrogen (secondary N) is 1. The van der Waals surface area contributed by atoms with Crippen LogP contribution in [-0.4, -0.2) is 10.8 Å². The molecule has 2 aromatic carbocycles. The van der Waals surface area contributed by atoms with E-state index in [2.05, 4.69) is 5.32 Å². The largest absolute Gasteiger partial charge is 0.398 e. The predicted molar refractivity (Wildman–Crippen MR) is 76.9 cm³/mol. The minimum atomic E-state index is -0.783. The normalized spacial score (nSPS) is 10.2. The van der Waals surface area contributed by atoms with Gasteiger partial charge in [0.25, 0.3) is 11.6 Å². The summed E-state index contributed by atoms with van der Waals surface area (Å²) in [5.41, 5.74) is 5.36. The molecular formula is C13H9ClFN3O3. The Morgan fingerprint density at radius 1 is 1.29 bits per heavy atom. The van der Waals surface area contributed by atoms with Gasteiger partial charge in [-0.2, -0.15) is 0 Å². The summed E-state index contributed by atoms with van der Waals surface area (Å²) in [5, 5.41) is 13.4. The fourth-order valence-corrected chi connectivity index (χ4v) is 1.80. The molecule has 0 spiro atoms. The molecule has 0 bridgehead atoms. The van der Waals surface area contributed by atoms with E-state index in [1.165, 1.54) is 18.2 Å². The van der Waals surface area contributed by atoms with Gasteiger partial charge in [0.1, 0.15) is 11.5 Å². The number of rotatable bonds is 3. The van der Waals surface area contributed by atoms with Crippen LogP contribution in [0.1, 0.15) is 10.4 Å². The van der Waals surface area contributed by atoms with Gasteiger partial charge in [-0.15, -0.1) is 0 Å². The number of carbonyl (C=O) groups excluding carboxylic acids is 1. The Balaban J connectivity index is 2.31. The lowest BCUT2D eigenvalue weighted by Crippen LogP contribution is -2.13. The van der Waals surface area contributed by atoms with E-state index < -0.39 is 22.3 Å². The Morgan fingerprint density at radius 2 is 2.00 bits per heavy atom.